The number of allylic oxidation sites excluding steroid dienone is 2. The molecule has 64 heavy (non-hydrogen) atoms. The largest absolute Gasteiger partial charge is 0.756 e. The van der Waals surface area contributed by atoms with Crippen molar-refractivity contribution >= 4 is 19.8 Å². The molecule has 0 fully saturated rings. The summed E-state index contributed by atoms with van der Waals surface area (Å²) in [6.45, 7) is 4.26. The van der Waals surface area contributed by atoms with Crippen LogP contribution in [0.5, 0.6) is 0 Å². The van der Waals surface area contributed by atoms with Crippen LogP contribution in [0.3, 0.4) is 0 Å². The molecule has 0 heterocycles. The van der Waals surface area contributed by atoms with Crippen molar-refractivity contribution in [3.8, 4) is 0 Å². The van der Waals surface area contributed by atoms with Crippen molar-refractivity contribution in [2.75, 3.05) is 47.5 Å². The van der Waals surface area contributed by atoms with Gasteiger partial charge in [-0.25, -0.2) is 0 Å². The van der Waals surface area contributed by atoms with Crippen LogP contribution in [-0.2, 0) is 32.7 Å². The van der Waals surface area contributed by atoms with E-state index < -0.39 is 26.5 Å². The molecule has 0 aromatic carbocycles. The lowest BCUT2D eigenvalue weighted by Gasteiger charge is -2.28. The number of phosphoric ester groups is 1. The van der Waals surface area contributed by atoms with Crippen LogP contribution >= 0.6 is 7.82 Å². The van der Waals surface area contributed by atoms with Crippen LogP contribution in [0.15, 0.2) is 12.2 Å². The van der Waals surface area contributed by atoms with E-state index in [9.17, 15) is 19.0 Å². The van der Waals surface area contributed by atoms with Crippen LogP contribution < -0.4 is 4.89 Å². The molecule has 0 bridgehead atoms. The van der Waals surface area contributed by atoms with Gasteiger partial charge in [0.05, 0.1) is 27.7 Å². The van der Waals surface area contributed by atoms with Gasteiger partial charge in [0.1, 0.15) is 19.8 Å². The van der Waals surface area contributed by atoms with Crippen LogP contribution in [0.4, 0.5) is 0 Å². The molecule has 0 rings (SSSR count). The third kappa shape index (κ3) is 50.2. The number of esters is 2. The second-order valence-corrected chi connectivity index (χ2v) is 21.4. The van der Waals surface area contributed by atoms with Gasteiger partial charge in [0.15, 0.2) is 6.10 Å². The molecule has 0 radical (unpaired) electrons. The summed E-state index contributed by atoms with van der Waals surface area (Å²) in [6.07, 6.45) is 52.6. The Kier molecular flexibility index (Phi) is 45.9. The molecule has 9 nitrogen and oxygen atoms in total. The highest BCUT2D eigenvalue weighted by Gasteiger charge is 2.21. The first kappa shape index (κ1) is 62.8. The standard InChI is InChI=1S/C54H106NO8P/c1-6-8-10-12-14-16-18-20-22-23-24-25-26-27-28-29-30-31-32-33-35-36-38-40-42-44-46-53(56)60-50-52(51-62-64(58,59)61-49-48-55(3,4)5)63-54(57)47-45-43-41-39-37-34-21-19-17-15-13-11-9-7-2/h19,21,52H,6-18,20,22-51H2,1-5H3/b21-19-. The van der Waals surface area contributed by atoms with Gasteiger partial charge in [0.2, 0.25) is 0 Å². The Hall–Kier alpha value is -1.25. The predicted octanol–water partition coefficient (Wildman–Crippen LogP) is 15.8. The summed E-state index contributed by atoms with van der Waals surface area (Å²) in [5.41, 5.74) is 0. The van der Waals surface area contributed by atoms with E-state index in [0.29, 0.717) is 17.4 Å². The molecule has 0 spiro atoms. The molecule has 0 N–H and O–H groups in total. The quantitative estimate of drug-likeness (QED) is 0.0195. The lowest BCUT2D eigenvalue weighted by atomic mass is 10.0. The summed E-state index contributed by atoms with van der Waals surface area (Å²) in [7, 11) is 1.18. The van der Waals surface area contributed by atoms with Crippen molar-refractivity contribution in [3.05, 3.63) is 12.2 Å². The summed E-state index contributed by atoms with van der Waals surface area (Å²) < 4.78 is 34.1. The highest BCUT2D eigenvalue weighted by Crippen LogP contribution is 2.38. The Morgan fingerprint density at radius 2 is 0.797 bits per heavy atom. The lowest BCUT2D eigenvalue weighted by molar-refractivity contribution is -0.870. The Bertz CT molecular complexity index is 1100. The van der Waals surface area contributed by atoms with Gasteiger partial charge in [0, 0.05) is 12.8 Å². The molecular weight excluding hydrogens is 822 g/mol. The van der Waals surface area contributed by atoms with Gasteiger partial charge in [-0.1, -0.05) is 231 Å². The smallest absolute Gasteiger partial charge is 0.306 e. The first-order chi connectivity index (χ1) is 31.0. The summed E-state index contributed by atoms with van der Waals surface area (Å²) in [6, 6.07) is 0. The third-order valence-corrected chi connectivity index (χ3v) is 13.2. The maximum absolute atomic E-state index is 12.7. The number of rotatable bonds is 51. The number of carbonyl (C=O) groups excluding carboxylic acids is 2. The molecule has 10 heteroatoms. The highest BCUT2D eigenvalue weighted by atomic mass is 31.2. The van der Waals surface area contributed by atoms with Gasteiger partial charge in [-0.3, -0.25) is 14.2 Å². The zero-order chi connectivity index (χ0) is 47.1. The van der Waals surface area contributed by atoms with Gasteiger partial charge in [-0.05, 0) is 38.5 Å². The van der Waals surface area contributed by atoms with E-state index in [-0.39, 0.29) is 32.0 Å². The lowest BCUT2D eigenvalue weighted by Crippen LogP contribution is -2.37. The maximum Gasteiger partial charge on any atom is 0.306 e. The molecule has 0 amide bonds. The van der Waals surface area contributed by atoms with Crippen molar-refractivity contribution in [1.29, 1.82) is 0 Å². The Balaban J connectivity index is 4.08. The van der Waals surface area contributed by atoms with Crippen molar-refractivity contribution in [2.24, 2.45) is 0 Å². The van der Waals surface area contributed by atoms with E-state index in [1.165, 1.54) is 186 Å². The van der Waals surface area contributed by atoms with Gasteiger partial charge < -0.3 is 27.9 Å². The first-order valence-electron chi connectivity index (χ1n) is 27.4. The fourth-order valence-corrected chi connectivity index (χ4v) is 8.73. The molecule has 0 saturated heterocycles. The number of phosphoric acid groups is 1. The second-order valence-electron chi connectivity index (χ2n) is 20.0. The normalized spacial score (nSPS) is 13.4. The second kappa shape index (κ2) is 46.8. The predicted molar refractivity (Wildman–Crippen MR) is 268 cm³/mol. The highest BCUT2D eigenvalue weighted by molar-refractivity contribution is 7.45. The van der Waals surface area contributed by atoms with Crippen LogP contribution in [0.2, 0.25) is 0 Å². The van der Waals surface area contributed by atoms with Gasteiger partial charge in [-0.15, -0.1) is 0 Å². The molecule has 380 valence electrons. The number of likely N-dealkylation sites (N-methyl/N-ethyl adjacent to an activating group) is 1. The molecule has 0 aromatic heterocycles. The number of unbranched alkanes of at least 4 members (excludes halogenated alkanes) is 35. The topological polar surface area (TPSA) is 111 Å². The molecule has 0 aliphatic heterocycles. The van der Waals surface area contributed by atoms with Crippen LogP contribution in [0.25, 0.3) is 0 Å². The van der Waals surface area contributed by atoms with E-state index in [0.717, 1.165) is 51.4 Å². The number of quaternary nitrogens is 1. The molecule has 0 aliphatic carbocycles. The minimum Gasteiger partial charge on any atom is -0.756 e. The number of hydrogen-bond donors (Lipinski definition) is 0. The van der Waals surface area contributed by atoms with Crippen molar-refractivity contribution in [1.82, 2.24) is 0 Å². The Morgan fingerprint density at radius 3 is 1.16 bits per heavy atom. The number of carbonyl (C=O) groups is 2. The zero-order valence-electron chi connectivity index (χ0n) is 43.0. The number of nitrogens with zero attached hydrogens (tertiary/aromatic N) is 1. The molecule has 0 aliphatic rings. The SMILES string of the molecule is CCCCCCC/C=C\CCCCCCCC(=O)OC(COC(=O)CCCCCCCCCCCCCCCCCCCCCCCCCCCC)COP(=O)([O-])OCC[N+](C)(C)C. The Morgan fingerprint density at radius 1 is 0.469 bits per heavy atom. The fourth-order valence-electron chi connectivity index (χ4n) is 8.01. The van der Waals surface area contributed by atoms with Gasteiger partial charge in [0.25, 0.3) is 7.82 Å². The molecule has 0 saturated carbocycles. The van der Waals surface area contributed by atoms with Gasteiger partial charge in [-0.2, -0.15) is 0 Å². The zero-order valence-corrected chi connectivity index (χ0v) is 43.9. The van der Waals surface area contributed by atoms with Crippen LogP contribution in [0, 0.1) is 0 Å². The molecule has 2 atom stereocenters. The third-order valence-electron chi connectivity index (χ3n) is 12.3. The monoisotopic (exact) mass is 928 g/mol. The first-order valence-corrected chi connectivity index (χ1v) is 28.9. The van der Waals surface area contributed by atoms with E-state index >= 15 is 0 Å². The van der Waals surface area contributed by atoms with Crippen LogP contribution in [0.1, 0.15) is 271 Å². The minimum absolute atomic E-state index is 0.0290. The minimum atomic E-state index is -4.63. The molecule has 2 unspecified atom stereocenters. The average molecular weight is 928 g/mol. The Labute approximate surface area is 396 Å². The van der Waals surface area contributed by atoms with E-state index in [4.69, 9.17) is 18.5 Å². The van der Waals surface area contributed by atoms with E-state index in [2.05, 4.69) is 26.0 Å². The van der Waals surface area contributed by atoms with Crippen molar-refractivity contribution in [3.63, 3.8) is 0 Å². The molecular formula is C54H106NO8P. The summed E-state index contributed by atoms with van der Waals surface area (Å²) >= 11 is 0. The maximum atomic E-state index is 12.7. The van der Waals surface area contributed by atoms with Gasteiger partial charge >= 0.3 is 11.9 Å². The summed E-state index contributed by atoms with van der Waals surface area (Å²) in [4.78, 5) is 37.7. The summed E-state index contributed by atoms with van der Waals surface area (Å²) in [5, 5.41) is 0. The van der Waals surface area contributed by atoms with Crippen molar-refractivity contribution < 1.29 is 42.1 Å². The van der Waals surface area contributed by atoms with E-state index in [1.54, 1.807) is 0 Å². The van der Waals surface area contributed by atoms with Crippen molar-refractivity contribution in [2.45, 2.75) is 277 Å². The number of hydrogen-bond acceptors (Lipinski definition) is 8. The number of ether oxygens (including phenoxy) is 2. The summed E-state index contributed by atoms with van der Waals surface area (Å²) in [5.74, 6) is -0.828. The van der Waals surface area contributed by atoms with Crippen LogP contribution in [-0.4, -0.2) is 70.0 Å². The fraction of sp³-hybridized carbons (Fsp3) is 0.926. The van der Waals surface area contributed by atoms with E-state index in [1.807, 2.05) is 21.1 Å². The molecule has 0 aromatic rings. The average Bonchev–Trinajstić information content (AvgIpc) is 3.25.